The third kappa shape index (κ3) is 2.29. The molecule has 2 rings (SSSR count). The van der Waals surface area contributed by atoms with Crippen molar-refractivity contribution >= 4 is 5.82 Å². The highest BCUT2D eigenvalue weighted by atomic mass is 15.2. The summed E-state index contributed by atoms with van der Waals surface area (Å²) in [5.74, 6) is 1.09. The van der Waals surface area contributed by atoms with E-state index in [0.717, 1.165) is 24.0 Å². The van der Waals surface area contributed by atoms with Crippen LogP contribution in [0.4, 0.5) is 5.82 Å². The molecule has 0 spiro atoms. The molecule has 1 aliphatic carbocycles. The van der Waals surface area contributed by atoms with E-state index < -0.39 is 0 Å². The Morgan fingerprint density at radius 1 is 1.53 bits per heavy atom. The predicted octanol–water partition coefficient (Wildman–Crippen LogP) is 2.09. The van der Waals surface area contributed by atoms with E-state index in [9.17, 15) is 0 Å². The molecule has 1 fully saturated rings. The van der Waals surface area contributed by atoms with Crippen LogP contribution >= 0.6 is 0 Å². The first-order chi connectivity index (χ1) is 7.22. The smallest absolute Gasteiger partial charge is 0.128 e. The molecule has 0 radical (unpaired) electrons. The summed E-state index contributed by atoms with van der Waals surface area (Å²) in [6.07, 6.45) is 4.51. The Bertz CT molecular complexity index is 314. The Labute approximate surface area is 91.3 Å². The molecule has 0 amide bonds. The number of rotatable bonds is 4. The lowest BCUT2D eigenvalue weighted by atomic mass is 10.1. The summed E-state index contributed by atoms with van der Waals surface area (Å²) < 4.78 is 0. The average Bonchev–Trinajstić information content (AvgIpc) is 3.04. The van der Waals surface area contributed by atoms with E-state index in [-0.39, 0.29) is 6.04 Å². The first-order valence-electron chi connectivity index (χ1n) is 5.70. The molecule has 1 atom stereocenters. The van der Waals surface area contributed by atoms with Crippen molar-refractivity contribution in [3.8, 4) is 0 Å². The quantitative estimate of drug-likeness (QED) is 0.818. The molecule has 1 aromatic rings. The summed E-state index contributed by atoms with van der Waals surface area (Å²) in [6.45, 7) is 5.20. The van der Waals surface area contributed by atoms with E-state index in [1.54, 1.807) is 0 Å². The van der Waals surface area contributed by atoms with Gasteiger partial charge in [-0.1, -0.05) is 6.07 Å². The fourth-order valence-corrected chi connectivity index (χ4v) is 1.83. The molecular formula is C12H19N3. The Morgan fingerprint density at radius 2 is 2.27 bits per heavy atom. The SMILES string of the molecule is CCN(c1ccc([C@@H](C)N)cn1)C1CC1. The largest absolute Gasteiger partial charge is 0.354 e. The van der Waals surface area contributed by atoms with Crippen LogP contribution in [0.15, 0.2) is 18.3 Å². The molecular weight excluding hydrogens is 186 g/mol. The number of aromatic nitrogens is 1. The summed E-state index contributed by atoms with van der Waals surface area (Å²) in [7, 11) is 0. The van der Waals surface area contributed by atoms with Crippen molar-refractivity contribution in [1.29, 1.82) is 0 Å². The van der Waals surface area contributed by atoms with Crippen LogP contribution in [-0.4, -0.2) is 17.6 Å². The lowest BCUT2D eigenvalue weighted by molar-refractivity contribution is 0.789. The second kappa shape index (κ2) is 4.19. The first kappa shape index (κ1) is 10.4. The van der Waals surface area contributed by atoms with E-state index in [2.05, 4.69) is 28.9 Å². The van der Waals surface area contributed by atoms with Gasteiger partial charge in [0.25, 0.3) is 0 Å². The van der Waals surface area contributed by atoms with Crippen molar-refractivity contribution in [3.63, 3.8) is 0 Å². The number of hydrogen-bond acceptors (Lipinski definition) is 3. The van der Waals surface area contributed by atoms with E-state index in [4.69, 9.17) is 5.73 Å². The van der Waals surface area contributed by atoms with Crippen LogP contribution in [0, 0.1) is 0 Å². The minimum absolute atomic E-state index is 0.0718. The van der Waals surface area contributed by atoms with Gasteiger partial charge in [0, 0.05) is 24.8 Å². The van der Waals surface area contributed by atoms with E-state index in [0.29, 0.717) is 0 Å². The predicted molar refractivity (Wildman–Crippen MR) is 62.9 cm³/mol. The number of nitrogens with zero attached hydrogens (tertiary/aromatic N) is 2. The van der Waals surface area contributed by atoms with Crippen LogP contribution in [0.3, 0.4) is 0 Å². The van der Waals surface area contributed by atoms with Gasteiger partial charge in [-0.3, -0.25) is 0 Å². The topological polar surface area (TPSA) is 42.1 Å². The van der Waals surface area contributed by atoms with Crippen molar-refractivity contribution in [1.82, 2.24) is 4.98 Å². The molecule has 0 saturated heterocycles. The van der Waals surface area contributed by atoms with E-state index >= 15 is 0 Å². The van der Waals surface area contributed by atoms with Crippen molar-refractivity contribution < 1.29 is 0 Å². The fourth-order valence-electron chi connectivity index (χ4n) is 1.83. The summed E-state index contributed by atoms with van der Waals surface area (Å²) in [5, 5.41) is 0. The van der Waals surface area contributed by atoms with Gasteiger partial charge in [0.05, 0.1) is 0 Å². The zero-order valence-electron chi connectivity index (χ0n) is 9.48. The number of anilines is 1. The van der Waals surface area contributed by atoms with Crippen molar-refractivity contribution in [2.75, 3.05) is 11.4 Å². The normalized spacial score (nSPS) is 17.5. The van der Waals surface area contributed by atoms with Gasteiger partial charge in [0.2, 0.25) is 0 Å². The summed E-state index contributed by atoms with van der Waals surface area (Å²) in [5.41, 5.74) is 6.89. The standard InChI is InChI=1S/C12H19N3/c1-3-15(11-5-6-11)12-7-4-10(8-14-12)9(2)13/h4,7-9,11H,3,5-6,13H2,1-2H3/t9-/m1/s1. The molecule has 2 N–H and O–H groups in total. The molecule has 1 heterocycles. The van der Waals surface area contributed by atoms with Crippen molar-refractivity contribution in [3.05, 3.63) is 23.9 Å². The highest BCUT2D eigenvalue weighted by Crippen LogP contribution is 2.30. The molecule has 1 aromatic heterocycles. The van der Waals surface area contributed by atoms with Crippen LogP contribution in [0.5, 0.6) is 0 Å². The molecule has 0 aromatic carbocycles. The molecule has 3 nitrogen and oxygen atoms in total. The molecule has 0 unspecified atom stereocenters. The van der Waals surface area contributed by atoms with E-state index in [1.165, 1.54) is 12.8 Å². The zero-order valence-corrected chi connectivity index (χ0v) is 9.48. The Morgan fingerprint density at radius 3 is 2.67 bits per heavy atom. The molecule has 1 saturated carbocycles. The van der Waals surface area contributed by atoms with E-state index in [1.807, 2.05) is 13.1 Å². The Hall–Kier alpha value is -1.09. The lowest BCUT2D eigenvalue weighted by Crippen LogP contribution is -2.26. The highest BCUT2D eigenvalue weighted by molar-refractivity contribution is 5.42. The number of pyridine rings is 1. The van der Waals surface area contributed by atoms with Gasteiger partial charge >= 0.3 is 0 Å². The highest BCUT2D eigenvalue weighted by Gasteiger charge is 2.28. The average molecular weight is 205 g/mol. The van der Waals surface area contributed by atoms with Gasteiger partial charge in [0.15, 0.2) is 0 Å². The molecule has 0 bridgehead atoms. The van der Waals surface area contributed by atoms with Crippen LogP contribution in [0.2, 0.25) is 0 Å². The Balaban J connectivity index is 2.14. The van der Waals surface area contributed by atoms with Crippen molar-refractivity contribution in [2.24, 2.45) is 5.73 Å². The van der Waals surface area contributed by atoms with Gasteiger partial charge < -0.3 is 10.6 Å². The van der Waals surface area contributed by atoms with Gasteiger partial charge in [-0.25, -0.2) is 4.98 Å². The van der Waals surface area contributed by atoms with Crippen LogP contribution in [0.1, 0.15) is 38.3 Å². The van der Waals surface area contributed by atoms with Gasteiger partial charge in [0.1, 0.15) is 5.82 Å². The van der Waals surface area contributed by atoms with Crippen LogP contribution < -0.4 is 10.6 Å². The van der Waals surface area contributed by atoms with Gasteiger partial charge in [-0.05, 0) is 38.3 Å². The second-order valence-electron chi connectivity index (χ2n) is 4.26. The lowest BCUT2D eigenvalue weighted by Gasteiger charge is -2.21. The molecule has 3 heteroatoms. The van der Waals surface area contributed by atoms with Gasteiger partial charge in [-0.2, -0.15) is 0 Å². The van der Waals surface area contributed by atoms with Crippen LogP contribution in [0.25, 0.3) is 0 Å². The van der Waals surface area contributed by atoms with Crippen LogP contribution in [-0.2, 0) is 0 Å². The number of nitrogens with two attached hydrogens (primary N) is 1. The maximum absolute atomic E-state index is 5.79. The molecule has 15 heavy (non-hydrogen) atoms. The minimum Gasteiger partial charge on any atom is -0.354 e. The fraction of sp³-hybridized carbons (Fsp3) is 0.583. The third-order valence-corrected chi connectivity index (χ3v) is 2.92. The maximum atomic E-state index is 5.79. The monoisotopic (exact) mass is 205 g/mol. The summed E-state index contributed by atoms with van der Waals surface area (Å²) >= 11 is 0. The second-order valence-corrected chi connectivity index (χ2v) is 4.26. The minimum atomic E-state index is 0.0718. The first-order valence-corrected chi connectivity index (χ1v) is 5.70. The molecule has 82 valence electrons. The summed E-state index contributed by atoms with van der Waals surface area (Å²) in [6, 6.07) is 4.96. The molecule has 0 aliphatic heterocycles. The maximum Gasteiger partial charge on any atom is 0.128 e. The van der Waals surface area contributed by atoms with Crippen molar-refractivity contribution in [2.45, 2.75) is 38.8 Å². The van der Waals surface area contributed by atoms with Gasteiger partial charge in [-0.15, -0.1) is 0 Å². The summed E-state index contributed by atoms with van der Waals surface area (Å²) in [4.78, 5) is 6.84. The third-order valence-electron chi connectivity index (χ3n) is 2.92. The Kier molecular flexibility index (Phi) is 2.91. The molecule has 1 aliphatic rings. The number of hydrogen-bond donors (Lipinski definition) is 1. The zero-order chi connectivity index (χ0) is 10.8.